The molecule has 1 atom stereocenters. The van der Waals surface area contributed by atoms with Gasteiger partial charge >= 0.3 is 5.97 Å². The number of amides is 1. The predicted molar refractivity (Wildman–Crippen MR) is 102 cm³/mol. The van der Waals surface area contributed by atoms with Gasteiger partial charge in [-0.25, -0.2) is 4.79 Å². The van der Waals surface area contributed by atoms with E-state index in [1.807, 2.05) is 0 Å². The second-order valence-electron chi connectivity index (χ2n) is 6.35. The molecule has 1 aromatic carbocycles. The molecule has 0 radical (unpaired) electrons. The van der Waals surface area contributed by atoms with Crippen LogP contribution in [0.1, 0.15) is 31.2 Å². The molecular weight excluding hydrogens is 368 g/mol. The number of quaternary nitrogens is 1. The maximum absolute atomic E-state index is 12.9. The van der Waals surface area contributed by atoms with Gasteiger partial charge in [0, 0.05) is 12.5 Å². The molecule has 1 amide bonds. The van der Waals surface area contributed by atoms with E-state index in [1.54, 1.807) is 25.3 Å². The van der Waals surface area contributed by atoms with Crippen molar-refractivity contribution in [3.05, 3.63) is 39.8 Å². The molecule has 1 aliphatic heterocycles. The van der Waals surface area contributed by atoms with Gasteiger partial charge in [0.1, 0.15) is 23.0 Å². The number of hydrogen-bond donors (Lipinski definition) is 2. The molecule has 3 rings (SSSR count). The molecule has 7 nitrogen and oxygen atoms in total. The van der Waals surface area contributed by atoms with E-state index in [0.29, 0.717) is 27.6 Å². The summed E-state index contributed by atoms with van der Waals surface area (Å²) >= 11 is 1.43. The highest BCUT2D eigenvalue weighted by molar-refractivity contribution is 7.17. The first-order valence-electron chi connectivity index (χ1n) is 8.56. The maximum atomic E-state index is 12.9. The summed E-state index contributed by atoms with van der Waals surface area (Å²) in [6.07, 6.45) is 0.782. The fourth-order valence-electron chi connectivity index (χ4n) is 3.18. The Morgan fingerprint density at radius 1 is 1.19 bits per heavy atom. The molecular formula is C19H23N2O5S+. The van der Waals surface area contributed by atoms with Crippen molar-refractivity contribution >= 4 is 28.2 Å². The van der Waals surface area contributed by atoms with Crippen LogP contribution in [-0.4, -0.2) is 46.8 Å². The lowest BCUT2D eigenvalue weighted by molar-refractivity contribution is -0.895. The monoisotopic (exact) mass is 391 g/mol. The number of carbonyl (C=O) groups excluding carboxylic acids is 2. The Labute approximate surface area is 161 Å². The lowest BCUT2D eigenvalue weighted by atomic mass is 10.0. The summed E-state index contributed by atoms with van der Waals surface area (Å²) in [6, 6.07) is 4.97. The number of nitrogens with one attached hydrogen (secondary N) is 2. The van der Waals surface area contributed by atoms with Crippen LogP contribution in [0.4, 0.5) is 5.00 Å². The zero-order valence-corrected chi connectivity index (χ0v) is 16.6. The Bertz CT molecular complexity index is 877. The molecule has 0 bridgehead atoms. The Morgan fingerprint density at radius 3 is 2.63 bits per heavy atom. The number of methoxy groups -OCH3 is 3. The highest BCUT2D eigenvalue weighted by Crippen LogP contribution is 2.36. The van der Waals surface area contributed by atoms with E-state index in [1.165, 1.54) is 30.5 Å². The van der Waals surface area contributed by atoms with Gasteiger partial charge in [0.25, 0.3) is 5.91 Å². The number of anilines is 1. The van der Waals surface area contributed by atoms with Crippen LogP contribution in [0.15, 0.2) is 18.2 Å². The van der Waals surface area contributed by atoms with Crippen molar-refractivity contribution in [1.82, 2.24) is 0 Å². The van der Waals surface area contributed by atoms with E-state index < -0.39 is 5.97 Å². The predicted octanol–water partition coefficient (Wildman–Crippen LogP) is 1.37. The van der Waals surface area contributed by atoms with Crippen molar-refractivity contribution < 1.29 is 28.7 Å². The molecule has 0 saturated heterocycles. The van der Waals surface area contributed by atoms with Crippen molar-refractivity contribution in [1.29, 1.82) is 0 Å². The summed E-state index contributed by atoms with van der Waals surface area (Å²) in [5, 5.41) is 3.39. The van der Waals surface area contributed by atoms with E-state index >= 15 is 0 Å². The smallest absolute Gasteiger partial charge is 0.341 e. The molecule has 0 spiro atoms. The largest absolute Gasteiger partial charge is 0.497 e. The van der Waals surface area contributed by atoms with Gasteiger partial charge in [-0.3, -0.25) is 4.79 Å². The lowest BCUT2D eigenvalue weighted by Crippen LogP contribution is -3.08. The van der Waals surface area contributed by atoms with E-state index in [0.717, 1.165) is 30.0 Å². The third kappa shape index (κ3) is 3.77. The Morgan fingerprint density at radius 2 is 1.96 bits per heavy atom. The van der Waals surface area contributed by atoms with Gasteiger partial charge in [-0.15, -0.1) is 11.3 Å². The number of ether oxygens (including phenoxy) is 3. The standard InChI is InChI=1S/C19H22N2O5S/c1-21-8-7-13-15(10-21)27-18(16(13)19(23)26-4)20-17(22)12-6-5-11(24-2)9-14(12)25-3/h5-6,9H,7-8,10H2,1-4H3,(H,20,22)/p+1. The fraction of sp³-hybridized carbons (Fsp3) is 0.368. The topological polar surface area (TPSA) is 78.3 Å². The number of hydrogen-bond acceptors (Lipinski definition) is 6. The number of thiophene rings is 1. The minimum Gasteiger partial charge on any atom is -0.497 e. The number of likely N-dealkylation sites (N-methyl/N-ethyl adjacent to an activating group) is 1. The van der Waals surface area contributed by atoms with Gasteiger partial charge in [0.15, 0.2) is 0 Å². The first kappa shape index (κ1) is 19.2. The SMILES string of the molecule is COC(=O)c1c(NC(=O)c2ccc(OC)cc2OC)sc2c1CC[NH+](C)C2. The third-order valence-corrected chi connectivity index (χ3v) is 5.77. The molecule has 27 heavy (non-hydrogen) atoms. The van der Waals surface area contributed by atoms with Gasteiger partial charge in [-0.05, 0) is 17.7 Å². The van der Waals surface area contributed by atoms with Crippen molar-refractivity contribution in [3.63, 3.8) is 0 Å². The van der Waals surface area contributed by atoms with Gasteiger partial charge < -0.3 is 24.4 Å². The Hall–Kier alpha value is -2.58. The van der Waals surface area contributed by atoms with Crippen LogP contribution < -0.4 is 19.7 Å². The number of esters is 1. The highest BCUT2D eigenvalue weighted by Gasteiger charge is 2.30. The highest BCUT2D eigenvalue weighted by atomic mass is 32.1. The number of benzene rings is 1. The molecule has 144 valence electrons. The summed E-state index contributed by atoms with van der Waals surface area (Å²) < 4.78 is 15.4. The summed E-state index contributed by atoms with van der Waals surface area (Å²) in [5.41, 5.74) is 1.81. The lowest BCUT2D eigenvalue weighted by Gasteiger charge is -2.19. The van der Waals surface area contributed by atoms with E-state index in [4.69, 9.17) is 14.2 Å². The van der Waals surface area contributed by atoms with Crippen LogP contribution in [0, 0.1) is 0 Å². The second kappa shape index (κ2) is 7.98. The first-order valence-corrected chi connectivity index (χ1v) is 9.37. The molecule has 0 saturated carbocycles. The van der Waals surface area contributed by atoms with E-state index in [-0.39, 0.29) is 5.91 Å². The van der Waals surface area contributed by atoms with E-state index in [9.17, 15) is 9.59 Å². The second-order valence-corrected chi connectivity index (χ2v) is 7.46. The quantitative estimate of drug-likeness (QED) is 0.753. The van der Waals surface area contributed by atoms with Crippen LogP contribution >= 0.6 is 11.3 Å². The minimum atomic E-state index is -0.427. The Kier molecular flexibility index (Phi) is 5.67. The summed E-state index contributed by atoms with van der Waals surface area (Å²) in [5.74, 6) is 0.219. The van der Waals surface area contributed by atoms with Crippen LogP contribution in [0.3, 0.4) is 0 Å². The zero-order chi connectivity index (χ0) is 19.6. The molecule has 1 unspecified atom stereocenters. The molecule has 0 aliphatic carbocycles. The van der Waals surface area contributed by atoms with Crippen LogP contribution in [0.25, 0.3) is 0 Å². The summed E-state index contributed by atoms with van der Waals surface area (Å²) in [7, 11) is 6.51. The fourth-order valence-corrected chi connectivity index (χ4v) is 4.53. The van der Waals surface area contributed by atoms with E-state index in [2.05, 4.69) is 12.4 Å². The van der Waals surface area contributed by atoms with Crippen molar-refractivity contribution in [3.8, 4) is 11.5 Å². The summed E-state index contributed by atoms with van der Waals surface area (Å²) in [4.78, 5) is 27.7. The average molecular weight is 391 g/mol. The average Bonchev–Trinajstić information content (AvgIpc) is 3.03. The van der Waals surface area contributed by atoms with Gasteiger partial charge in [0.2, 0.25) is 0 Å². The first-order chi connectivity index (χ1) is 13.0. The van der Waals surface area contributed by atoms with Crippen LogP contribution in [0.2, 0.25) is 0 Å². The van der Waals surface area contributed by atoms with Crippen molar-refractivity contribution in [2.75, 3.05) is 40.2 Å². The van der Waals surface area contributed by atoms with Gasteiger partial charge in [-0.2, -0.15) is 0 Å². The Balaban J connectivity index is 1.96. The maximum Gasteiger partial charge on any atom is 0.341 e. The number of carbonyl (C=O) groups is 2. The third-order valence-electron chi connectivity index (χ3n) is 4.62. The van der Waals surface area contributed by atoms with Crippen molar-refractivity contribution in [2.45, 2.75) is 13.0 Å². The number of fused-ring (bicyclic) bond motifs is 1. The van der Waals surface area contributed by atoms with Gasteiger partial charge in [-0.1, -0.05) is 0 Å². The van der Waals surface area contributed by atoms with Gasteiger partial charge in [0.05, 0.1) is 50.9 Å². The van der Waals surface area contributed by atoms with Crippen LogP contribution in [0.5, 0.6) is 11.5 Å². The zero-order valence-electron chi connectivity index (χ0n) is 15.8. The minimum absolute atomic E-state index is 0.348. The molecule has 0 fully saturated rings. The molecule has 2 aromatic rings. The van der Waals surface area contributed by atoms with Crippen LogP contribution in [-0.2, 0) is 17.7 Å². The molecule has 8 heteroatoms. The molecule has 2 heterocycles. The molecule has 1 aromatic heterocycles. The summed E-state index contributed by atoms with van der Waals surface area (Å²) in [6.45, 7) is 1.76. The normalized spacial score (nSPS) is 15.6. The molecule has 1 aliphatic rings. The number of rotatable bonds is 5. The molecule has 2 N–H and O–H groups in total. The van der Waals surface area contributed by atoms with Crippen molar-refractivity contribution in [2.24, 2.45) is 0 Å².